The lowest BCUT2D eigenvalue weighted by atomic mass is 9.98. The van der Waals surface area contributed by atoms with Gasteiger partial charge >= 0.3 is 5.97 Å². The van der Waals surface area contributed by atoms with E-state index in [0.717, 1.165) is 27.6 Å². The molecule has 1 heterocycles. The quantitative estimate of drug-likeness (QED) is 0.591. The summed E-state index contributed by atoms with van der Waals surface area (Å²) in [6.07, 6.45) is 1.59. The third kappa shape index (κ3) is 2.90. The zero-order valence-electron chi connectivity index (χ0n) is 12.6. The molecule has 0 saturated carbocycles. The number of esters is 1. The van der Waals surface area contributed by atoms with Crippen molar-refractivity contribution in [2.75, 3.05) is 7.11 Å². The van der Waals surface area contributed by atoms with Crippen LogP contribution in [0.2, 0.25) is 10.0 Å². The second-order valence-corrected chi connectivity index (χ2v) is 6.00. The van der Waals surface area contributed by atoms with E-state index in [-0.39, 0.29) is 0 Å². The molecule has 0 unspecified atom stereocenters. The maximum Gasteiger partial charge on any atom is 0.337 e. The number of nitrogens with zero attached hydrogens (tertiary/aromatic N) is 1. The van der Waals surface area contributed by atoms with Crippen LogP contribution >= 0.6 is 23.2 Å². The largest absolute Gasteiger partial charge is 0.465 e. The second kappa shape index (κ2) is 6.19. The SMILES string of the molecule is COC(=O)c1ccc2ncc(Cl)c(-c3ccc(C)cc3Cl)c2c1. The van der Waals surface area contributed by atoms with Gasteiger partial charge in [-0.15, -0.1) is 0 Å². The fraction of sp³-hybridized carbons (Fsp3) is 0.111. The summed E-state index contributed by atoms with van der Waals surface area (Å²) in [5.41, 5.74) is 3.79. The van der Waals surface area contributed by atoms with Gasteiger partial charge in [-0.1, -0.05) is 35.3 Å². The van der Waals surface area contributed by atoms with Crippen LogP contribution in [-0.2, 0) is 4.74 Å². The molecule has 0 N–H and O–H groups in total. The monoisotopic (exact) mass is 345 g/mol. The molecule has 0 saturated heterocycles. The molecule has 2 aromatic carbocycles. The normalized spacial score (nSPS) is 10.8. The second-order valence-electron chi connectivity index (χ2n) is 5.19. The molecule has 0 spiro atoms. The Kier molecular flexibility index (Phi) is 4.24. The first kappa shape index (κ1) is 15.8. The smallest absolute Gasteiger partial charge is 0.337 e. The molecule has 23 heavy (non-hydrogen) atoms. The van der Waals surface area contributed by atoms with Crippen molar-refractivity contribution in [3.05, 3.63) is 63.8 Å². The summed E-state index contributed by atoms with van der Waals surface area (Å²) in [5.74, 6) is -0.409. The van der Waals surface area contributed by atoms with E-state index in [1.807, 2.05) is 25.1 Å². The van der Waals surface area contributed by atoms with Gasteiger partial charge in [-0.3, -0.25) is 4.98 Å². The van der Waals surface area contributed by atoms with Gasteiger partial charge in [0.25, 0.3) is 0 Å². The summed E-state index contributed by atoms with van der Waals surface area (Å²) < 4.78 is 4.78. The minimum absolute atomic E-state index is 0.409. The number of benzene rings is 2. The number of halogens is 2. The van der Waals surface area contributed by atoms with Crippen molar-refractivity contribution < 1.29 is 9.53 Å². The summed E-state index contributed by atoms with van der Waals surface area (Å²) in [4.78, 5) is 16.1. The van der Waals surface area contributed by atoms with Crippen molar-refractivity contribution in [1.82, 2.24) is 4.98 Å². The van der Waals surface area contributed by atoms with Gasteiger partial charge in [-0.2, -0.15) is 0 Å². The van der Waals surface area contributed by atoms with Crippen LogP contribution in [0.5, 0.6) is 0 Å². The van der Waals surface area contributed by atoms with Gasteiger partial charge in [-0.05, 0) is 36.8 Å². The van der Waals surface area contributed by atoms with Gasteiger partial charge in [0.2, 0.25) is 0 Å². The molecule has 0 atom stereocenters. The van der Waals surface area contributed by atoms with E-state index in [9.17, 15) is 4.79 Å². The summed E-state index contributed by atoms with van der Waals surface area (Å²) in [6.45, 7) is 1.97. The van der Waals surface area contributed by atoms with Crippen LogP contribution in [0.4, 0.5) is 0 Å². The van der Waals surface area contributed by atoms with Crippen LogP contribution in [-0.4, -0.2) is 18.1 Å². The van der Waals surface area contributed by atoms with E-state index in [1.54, 1.807) is 24.4 Å². The van der Waals surface area contributed by atoms with E-state index in [4.69, 9.17) is 27.9 Å². The number of fused-ring (bicyclic) bond motifs is 1. The van der Waals surface area contributed by atoms with Crippen LogP contribution in [0.3, 0.4) is 0 Å². The number of aryl methyl sites for hydroxylation is 1. The van der Waals surface area contributed by atoms with E-state index < -0.39 is 5.97 Å². The van der Waals surface area contributed by atoms with Gasteiger partial charge < -0.3 is 4.74 Å². The molecule has 3 nitrogen and oxygen atoms in total. The highest BCUT2D eigenvalue weighted by Gasteiger charge is 2.15. The summed E-state index contributed by atoms with van der Waals surface area (Å²) >= 11 is 12.8. The zero-order chi connectivity index (χ0) is 16.6. The molecule has 0 fully saturated rings. The van der Waals surface area contributed by atoms with Gasteiger partial charge in [0.1, 0.15) is 0 Å². The molecule has 5 heteroatoms. The van der Waals surface area contributed by atoms with Gasteiger partial charge in [-0.25, -0.2) is 4.79 Å². The number of aromatic nitrogens is 1. The Labute approximate surface area is 143 Å². The first-order valence-electron chi connectivity index (χ1n) is 6.94. The van der Waals surface area contributed by atoms with Crippen LogP contribution in [0, 0.1) is 6.92 Å². The Morgan fingerprint density at radius 1 is 1.09 bits per heavy atom. The molecule has 0 aliphatic carbocycles. The number of ether oxygens (including phenoxy) is 1. The maximum absolute atomic E-state index is 11.8. The van der Waals surface area contributed by atoms with E-state index >= 15 is 0 Å². The average molecular weight is 346 g/mol. The molecule has 0 amide bonds. The van der Waals surface area contributed by atoms with Crippen LogP contribution < -0.4 is 0 Å². The number of carbonyl (C=O) groups is 1. The zero-order valence-corrected chi connectivity index (χ0v) is 14.1. The molecule has 0 aliphatic rings. The fourth-order valence-corrected chi connectivity index (χ4v) is 3.09. The number of rotatable bonds is 2. The van der Waals surface area contributed by atoms with Crippen molar-refractivity contribution in [1.29, 1.82) is 0 Å². The van der Waals surface area contributed by atoms with Crippen molar-refractivity contribution in [2.24, 2.45) is 0 Å². The molecule has 3 aromatic rings. The Morgan fingerprint density at radius 2 is 1.87 bits per heavy atom. The van der Waals surface area contributed by atoms with Crippen molar-refractivity contribution >= 4 is 40.1 Å². The standard InChI is InChI=1S/C18H13Cl2NO2/c1-10-3-5-12(14(19)7-10)17-13-8-11(18(22)23-2)4-6-16(13)21-9-15(17)20/h3-9H,1-2H3. The lowest BCUT2D eigenvalue weighted by Crippen LogP contribution is -2.01. The highest BCUT2D eigenvalue weighted by Crippen LogP contribution is 2.38. The number of pyridine rings is 1. The number of carbonyl (C=O) groups excluding carboxylic acids is 1. The topological polar surface area (TPSA) is 39.2 Å². The lowest BCUT2D eigenvalue weighted by molar-refractivity contribution is 0.0601. The Bertz CT molecular complexity index is 922. The first-order valence-corrected chi connectivity index (χ1v) is 7.70. The predicted molar refractivity (Wildman–Crippen MR) is 93.3 cm³/mol. The van der Waals surface area contributed by atoms with Gasteiger partial charge in [0.05, 0.1) is 23.2 Å². The maximum atomic E-state index is 11.8. The Morgan fingerprint density at radius 3 is 2.57 bits per heavy atom. The molecular weight excluding hydrogens is 333 g/mol. The predicted octanol–water partition coefficient (Wildman–Crippen LogP) is 5.30. The molecule has 1 aromatic heterocycles. The van der Waals surface area contributed by atoms with E-state index in [2.05, 4.69) is 4.98 Å². The minimum atomic E-state index is -0.409. The third-order valence-electron chi connectivity index (χ3n) is 3.64. The summed E-state index contributed by atoms with van der Waals surface area (Å²) in [5, 5.41) is 1.83. The van der Waals surface area contributed by atoms with Crippen LogP contribution in [0.25, 0.3) is 22.0 Å². The number of hydrogen-bond acceptors (Lipinski definition) is 3. The lowest BCUT2D eigenvalue weighted by Gasteiger charge is -2.12. The van der Waals surface area contributed by atoms with E-state index in [0.29, 0.717) is 15.6 Å². The third-order valence-corrected chi connectivity index (χ3v) is 4.24. The Balaban J connectivity index is 2.33. The molecule has 116 valence electrons. The molecular formula is C18H13Cl2NO2. The van der Waals surface area contributed by atoms with Crippen molar-refractivity contribution in [2.45, 2.75) is 6.92 Å². The minimum Gasteiger partial charge on any atom is -0.465 e. The first-order chi connectivity index (χ1) is 11.0. The van der Waals surface area contributed by atoms with E-state index in [1.165, 1.54) is 7.11 Å². The number of hydrogen-bond donors (Lipinski definition) is 0. The average Bonchev–Trinajstić information content (AvgIpc) is 2.54. The molecule has 0 aliphatic heterocycles. The molecule has 0 bridgehead atoms. The molecule has 3 rings (SSSR count). The van der Waals surface area contributed by atoms with Crippen molar-refractivity contribution in [3.8, 4) is 11.1 Å². The highest BCUT2D eigenvalue weighted by atomic mass is 35.5. The Hall–Kier alpha value is -2.10. The summed E-state index contributed by atoms with van der Waals surface area (Å²) in [6, 6.07) is 10.9. The fourth-order valence-electron chi connectivity index (χ4n) is 2.51. The van der Waals surface area contributed by atoms with Crippen LogP contribution in [0.15, 0.2) is 42.6 Å². The molecule has 0 radical (unpaired) electrons. The van der Waals surface area contributed by atoms with Gasteiger partial charge in [0, 0.05) is 27.7 Å². The van der Waals surface area contributed by atoms with Crippen molar-refractivity contribution in [3.63, 3.8) is 0 Å². The van der Waals surface area contributed by atoms with Crippen LogP contribution in [0.1, 0.15) is 15.9 Å². The number of methoxy groups -OCH3 is 1. The highest BCUT2D eigenvalue weighted by molar-refractivity contribution is 6.38. The van der Waals surface area contributed by atoms with Gasteiger partial charge in [0.15, 0.2) is 0 Å². The summed E-state index contributed by atoms with van der Waals surface area (Å²) in [7, 11) is 1.35.